The highest BCUT2D eigenvalue weighted by Crippen LogP contribution is 2.08. The van der Waals surface area contributed by atoms with Gasteiger partial charge in [-0.1, -0.05) is 19.1 Å². The number of H-pyrrole nitrogens is 1. The molecule has 0 fully saturated rings. The maximum Gasteiger partial charge on any atom is 0.272 e. The molecule has 128 valence electrons. The molecule has 0 bridgehead atoms. The van der Waals surface area contributed by atoms with Gasteiger partial charge in [-0.25, -0.2) is 0 Å². The number of nitrogens with one attached hydrogen (secondary N) is 2. The second kappa shape index (κ2) is 8.29. The van der Waals surface area contributed by atoms with E-state index in [1.807, 2.05) is 32.9 Å². The zero-order valence-corrected chi connectivity index (χ0v) is 14.4. The summed E-state index contributed by atoms with van der Waals surface area (Å²) in [7, 11) is 0. The third kappa shape index (κ3) is 4.22. The Hall–Kier alpha value is -2.63. The van der Waals surface area contributed by atoms with E-state index in [1.165, 1.54) is 0 Å². The Morgan fingerprint density at radius 1 is 1.12 bits per heavy atom. The van der Waals surface area contributed by atoms with Gasteiger partial charge in [0, 0.05) is 30.9 Å². The minimum atomic E-state index is -0.214. The normalized spacial score (nSPS) is 10.5. The van der Waals surface area contributed by atoms with Gasteiger partial charge in [-0.15, -0.1) is 0 Å². The van der Waals surface area contributed by atoms with Gasteiger partial charge in [0.05, 0.1) is 0 Å². The van der Waals surface area contributed by atoms with Crippen LogP contribution in [0.4, 0.5) is 0 Å². The van der Waals surface area contributed by atoms with Crippen LogP contribution in [-0.4, -0.2) is 40.0 Å². The summed E-state index contributed by atoms with van der Waals surface area (Å²) < 4.78 is 0. The molecule has 0 saturated heterocycles. The molecule has 2 amide bonds. The number of carbonyl (C=O) groups excluding carboxylic acids is 2. The first-order valence-electron chi connectivity index (χ1n) is 8.29. The van der Waals surface area contributed by atoms with E-state index in [9.17, 15) is 9.59 Å². The van der Waals surface area contributed by atoms with Crippen molar-refractivity contribution >= 4 is 11.8 Å². The summed E-state index contributed by atoms with van der Waals surface area (Å²) in [4.78, 5) is 26.1. The molecule has 0 aliphatic carbocycles. The van der Waals surface area contributed by atoms with Crippen molar-refractivity contribution < 1.29 is 9.59 Å². The number of nitrogens with zero attached hydrogens (tertiary/aromatic N) is 2. The van der Waals surface area contributed by atoms with Crippen molar-refractivity contribution in [3.8, 4) is 0 Å². The smallest absolute Gasteiger partial charge is 0.272 e. The van der Waals surface area contributed by atoms with Crippen molar-refractivity contribution in [2.75, 3.05) is 13.1 Å². The highest BCUT2D eigenvalue weighted by atomic mass is 16.2. The number of hydrogen-bond acceptors (Lipinski definition) is 3. The van der Waals surface area contributed by atoms with Gasteiger partial charge in [-0.3, -0.25) is 14.7 Å². The Kier molecular flexibility index (Phi) is 6.12. The average Bonchev–Trinajstić information content (AvgIpc) is 3.10. The van der Waals surface area contributed by atoms with Crippen molar-refractivity contribution in [3.05, 3.63) is 52.8 Å². The summed E-state index contributed by atoms with van der Waals surface area (Å²) in [5.74, 6) is -0.187. The lowest BCUT2D eigenvalue weighted by Crippen LogP contribution is -2.30. The highest BCUT2D eigenvalue weighted by molar-refractivity contribution is 5.94. The molecule has 2 rings (SSSR count). The zero-order valence-electron chi connectivity index (χ0n) is 14.4. The molecule has 0 radical (unpaired) electrons. The standard InChI is InChI=1S/C18H24N4O2/c1-4-15-11-16(21-20-15)17(23)19-12-13-7-9-14(10-8-13)18(24)22(5-2)6-3/h7-11H,4-6,12H2,1-3H3,(H,19,23)(H,20,21). The maximum absolute atomic E-state index is 12.2. The summed E-state index contributed by atoms with van der Waals surface area (Å²) in [6, 6.07) is 9.07. The molecule has 0 aliphatic rings. The van der Waals surface area contributed by atoms with E-state index in [0.717, 1.165) is 17.7 Å². The summed E-state index contributed by atoms with van der Waals surface area (Å²) in [6.07, 6.45) is 0.808. The number of carbonyl (C=O) groups is 2. The van der Waals surface area contributed by atoms with Crippen LogP contribution < -0.4 is 5.32 Å². The Labute approximate surface area is 142 Å². The first-order chi connectivity index (χ1) is 11.6. The molecule has 1 aromatic heterocycles. The topological polar surface area (TPSA) is 78.1 Å². The molecule has 0 spiro atoms. The van der Waals surface area contributed by atoms with E-state index in [4.69, 9.17) is 0 Å². The summed E-state index contributed by atoms with van der Waals surface area (Å²) >= 11 is 0. The van der Waals surface area contributed by atoms with Crippen LogP contribution >= 0.6 is 0 Å². The van der Waals surface area contributed by atoms with E-state index >= 15 is 0 Å². The molecule has 6 nitrogen and oxygen atoms in total. The van der Waals surface area contributed by atoms with E-state index in [2.05, 4.69) is 15.5 Å². The molecule has 0 unspecified atom stereocenters. The summed E-state index contributed by atoms with van der Waals surface area (Å²) in [5.41, 5.74) is 2.92. The van der Waals surface area contributed by atoms with Crippen LogP contribution in [0.2, 0.25) is 0 Å². The molecule has 2 N–H and O–H groups in total. The monoisotopic (exact) mass is 328 g/mol. The number of aryl methyl sites for hydroxylation is 1. The van der Waals surface area contributed by atoms with Gasteiger partial charge < -0.3 is 10.2 Å². The van der Waals surface area contributed by atoms with Gasteiger partial charge >= 0.3 is 0 Å². The van der Waals surface area contributed by atoms with E-state index in [0.29, 0.717) is 30.9 Å². The van der Waals surface area contributed by atoms with Gasteiger partial charge in [0.15, 0.2) is 0 Å². The Morgan fingerprint density at radius 3 is 2.33 bits per heavy atom. The third-order valence-electron chi connectivity index (χ3n) is 3.95. The lowest BCUT2D eigenvalue weighted by Gasteiger charge is -2.18. The molecule has 2 aromatic rings. The molecule has 1 heterocycles. The van der Waals surface area contributed by atoms with Gasteiger partial charge in [0.25, 0.3) is 11.8 Å². The molecule has 0 saturated carbocycles. The van der Waals surface area contributed by atoms with Crippen molar-refractivity contribution in [1.29, 1.82) is 0 Å². The minimum absolute atomic E-state index is 0.0270. The molecule has 1 aromatic carbocycles. The first-order valence-corrected chi connectivity index (χ1v) is 8.29. The fourth-order valence-electron chi connectivity index (χ4n) is 2.39. The van der Waals surface area contributed by atoms with Crippen LogP contribution in [0.3, 0.4) is 0 Å². The van der Waals surface area contributed by atoms with Crippen molar-refractivity contribution in [2.24, 2.45) is 0 Å². The predicted octanol–water partition coefficient (Wildman–Crippen LogP) is 2.38. The van der Waals surface area contributed by atoms with Crippen molar-refractivity contribution in [1.82, 2.24) is 20.4 Å². The van der Waals surface area contributed by atoms with Crippen LogP contribution in [0.25, 0.3) is 0 Å². The van der Waals surface area contributed by atoms with Crippen LogP contribution in [0, 0.1) is 0 Å². The minimum Gasteiger partial charge on any atom is -0.347 e. The Morgan fingerprint density at radius 2 is 1.79 bits per heavy atom. The van der Waals surface area contributed by atoms with Crippen LogP contribution in [-0.2, 0) is 13.0 Å². The molecular weight excluding hydrogens is 304 g/mol. The second-order valence-corrected chi connectivity index (χ2v) is 5.49. The molecule has 0 aliphatic heterocycles. The Balaban J connectivity index is 1.94. The number of benzene rings is 1. The fourth-order valence-corrected chi connectivity index (χ4v) is 2.39. The molecule has 6 heteroatoms. The zero-order chi connectivity index (χ0) is 17.5. The summed E-state index contributed by atoms with van der Waals surface area (Å²) in [5, 5.41) is 9.64. The maximum atomic E-state index is 12.2. The van der Waals surface area contributed by atoms with Crippen LogP contribution in [0.15, 0.2) is 30.3 Å². The number of aromatic amines is 1. The van der Waals surface area contributed by atoms with Gasteiger partial charge in [0.2, 0.25) is 0 Å². The van der Waals surface area contributed by atoms with Crippen molar-refractivity contribution in [3.63, 3.8) is 0 Å². The Bertz CT molecular complexity index is 687. The third-order valence-corrected chi connectivity index (χ3v) is 3.95. The van der Waals surface area contributed by atoms with E-state index in [1.54, 1.807) is 23.1 Å². The summed E-state index contributed by atoms with van der Waals surface area (Å²) in [6.45, 7) is 7.70. The van der Waals surface area contributed by atoms with E-state index in [-0.39, 0.29) is 11.8 Å². The van der Waals surface area contributed by atoms with Crippen LogP contribution in [0.1, 0.15) is 52.9 Å². The van der Waals surface area contributed by atoms with Gasteiger partial charge in [-0.2, -0.15) is 5.10 Å². The fraction of sp³-hybridized carbons (Fsp3) is 0.389. The number of rotatable bonds is 7. The number of hydrogen-bond donors (Lipinski definition) is 2. The lowest BCUT2D eigenvalue weighted by atomic mass is 10.1. The van der Waals surface area contributed by atoms with Crippen molar-refractivity contribution in [2.45, 2.75) is 33.7 Å². The number of amides is 2. The second-order valence-electron chi connectivity index (χ2n) is 5.49. The quantitative estimate of drug-likeness (QED) is 0.819. The predicted molar refractivity (Wildman–Crippen MR) is 92.8 cm³/mol. The molecular formula is C18H24N4O2. The highest BCUT2D eigenvalue weighted by Gasteiger charge is 2.12. The lowest BCUT2D eigenvalue weighted by molar-refractivity contribution is 0.0772. The SMILES string of the molecule is CCc1cc(C(=O)NCc2ccc(C(=O)N(CC)CC)cc2)n[nH]1. The first kappa shape index (κ1) is 17.7. The number of aromatic nitrogens is 2. The largest absolute Gasteiger partial charge is 0.347 e. The van der Waals surface area contributed by atoms with E-state index < -0.39 is 0 Å². The molecule has 0 atom stereocenters. The van der Waals surface area contributed by atoms with Gasteiger partial charge in [0.1, 0.15) is 5.69 Å². The molecule has 24 heavy (non-hydrogen) atoms. The van der Waals surface area contributed by atoms with Gasteiger partial charge in [-0.05, 0) is 44.0 Å². The van der Waals surface area contributed by atoms with Crippen LogP contribution in [0.5, 0.6) is 0 Å². The average molecular weight is 328 g/mol.